The summed E-state index contributed by atoms with van der Waals surface area (Å²) in [5.41, 5.74) is 0.392. The molecule has 0 amide bonds. The summed E-state index contributed by atoms with van der Waals surface area (Å²) in [6.45, 7) is 4.39. The lowest BCUT2D eigenvalue weighted by molar-refractivity contribution is 0.219. The van der Waals surface area contributed by atoms with Crippen molar-refractivity contribution in [3.8, 4) is 0 Å². The molecule has 3 fully saturated rings. The van der Waals surface area contributed by atoms with Gasteiger partial charge in [-0.15, -0.1) is 0 Å². The fourth-order valence-corrected chi connectivity index (χ4v) is 2.38. The summed E-state index contributed by atoms with van der Waals surface area (Å²) >= 11 is 0. The average molecular weight is 140 g/mol. The molecule has 0 aromatic heterocycles. The molecule has 0 N–H and O–H groups in total. The Bertz CT molecular complexity index is 183. The third-order valence-corrected chi connectivity index (χ3v) is 3.20. The van der Waals surface area contributed by atoms with Crippen molar-refractivity contribution in [2.75, 3.05) is 0 Å². The molecule has 0 aromatic rings. The van der Waals surface area contributed by atoms with Crippen LogP contribution in [0.5, 0.6) is 0 Å². The first-order valence-electron chi connectivity index (χ1n) is 3.98. The maximum absolute atomic E-state index is 5.55. The first-order chi connectivity index (χ1) is 4.62. The minimum absolute atomic E-state index is 0.196. The Morgan fingerprint density at radius 2 is 1.60 bits per heavy atom. The van der Waals surface area contributed by atoms with Crippen molar-refractivity contribution in [2.45, 2.75) is 50.1 Å². The molecule has 1 aliphatic carbocycles. The highest BCUT2D eigenvalue weighted by molar-refractivity contribution is 5.18. The predicted molar refractivity (Wildman–Crippen MR) is 35.8 cm³/mol. The summed E-state index contributed by atoms with van der Waals surface area (Å²) in [6.07, 6.45) is 3.28. The lowest BCUT2D eigenvalue weighted by Crippen LogP contribution is -2.27. The SMILES string of the molecule is CC12CC3(C)OC3CC1O2. The molecule has 3 rings (SSSR count). The van der Waals surface area contributed by atoms with Crippen LogP contribution in [0.1, 0.15) is 26.7 Å². The van der Waals surface area contributed by atoms with Gasteiger partial charge >= 0.3 is 0 Å². The van der Waals surface area contributed by atoms with Gasteiger partial charge in [0.1, 0.15) is 0 Å². The van der Waals surface area contributed by atoms with E-state index in [0.29, 0.717) is 12.2 Å². The minimum atomic E-state index is 0.196. The van der Waals surface area contributed by atoms with Crippen molar-refractivity contribution in [1.29, 1.82) is 0 Å². The van der Waals surface area contributed by atoms with Gasteiger partial charge in [-0.25, -0.2) is 0 Å². The largest absolute Gasteiger partial charge is 0.366 e. The van der Waals surface area contributed by atoms with Crippen molar-refractivity contribution in [3.63, 3.8) is 0 Å². The molecule has 2 aliphatic heterocycles. The second kappa shape index (κ2) is 1.16. The monoisotopic (exact) mass is 140 g/mol. The van der Waals surface area contributed by atoms with E-state index in [1.807, 2.05) is 0 Å². The molecule has 0 aromatic carbocycles. The summed E-state index contributed by atoms with van der Waals surface area (Å²) in [5, 5.41) is 0. The Balaban J connectivity index is 1.90. The van der Waals surface area contributed by atoms with Gasteiger partial charge in [-0.2, -0.15) is 0 Å². The van der Waals surface area contributed by atoms with Crippen LogP contribution in [0.3, 0.4) is 0 Å². The summed E-state index contributed by atoms with van der Waals surface area (Å²) in [6, 6.07) is 0. The van der Waals surface area contributed by atoms with E-state index in [9.17, 15) is 0 Å². The molecule has 4 atom stereocenters. The Labute approximate surface area is 60.5 Å². The van der Waals surface area contributed by atoms with Crippen molar-refractivity contribution in [3.05, 3.63) is 0 Å². The molecule has 2 heterocycles. The standard InChI is InChI=1S/C8H12O2/c1-7-4-8(2)6(10-8)3-5(7)9-7/h5-6H,3-4H2,1-2H3. The van der Waals surface area contributed by atoms with Gasteiger partial charge in [0.05, 0.1) is 23.4 Å². The van der Waals surface area contributed by atoms with Crippen molar-refractivity contribution in [1.82, 2.24) is 0 Å². The maximum atomic E-state index is 5.55. The Hall–Kier alpha value is -0.0800. The van der Waals surface area contributed by atoms with Crippen molar-refractivity contribution >= 4 is 0 Å². The lowest BCUT2D eigenvalue weighted by Gasteiger charge is -2.14. The molecule has 10 heavy (non-hydrogen) atoms. The van der Waals surface area contributed by atoms with Gasteiger partial charge in [-0.1, -0.05) is 0 Å². The molecule has 2 nitrogen and oxygen atoms in total. The Morgan fingerprint density at radius 3 is 2.00 bits per heavy atom. The predicted octanol–water partition coefficient (Wildman–Crippen LogP) is 1.10. The van der Waals surface area contributed by atoms with E-state index in [-0.39, 0.29) is 11.2 Å². The van der Waals surface area contributed by atoms with Crippen LogP contribution >= 0.6 is 0 Å². The normalized spacial score (nSPS) is 70.2. The zero-order valence-corrected chi connectivity index (χ0v) is 6.39. The van der Waals surface area contributed by atoms with Crippen LogP contribution in [0.15, 0.2) is 0 Å². The van der Waals surface area contributed by atoms with Gasteiger partial charge in [0, 0.05) is 12.8 Å². The molecule has 56 valence electrons. The van der Waals surface area contributed by atoms with Gasteiger partial charge in [0.15, 0.2) is 0 Å². The lowest BCUT2D eigenvalue weighted by atomic mass is 9.83. The number of ether oxygens (including phenoxy) is 2. The maximum Gasteiger partial charge on any atom is 0.0949 e. The van der Waals surface area contributed by atoms with Crippen molar-refractivity contribution in [2.24, 2.45) is 0 Å². The smallest absolute Gasteiger partial charge is 0.0949 e. The van der Waals surface area contributed by atoms with E-state index in [2.05, 4.69) is 13.8 Å². The molecule has 0 spiro atoms. The number of hydrogen-bond acceptors (Lipinski definition) is 2. The van der Waals surface area contributed by atoms with E-state index in [1.54, 1.807) is 0 Å². The summed E-state index contributed by atoms with van der Waals surface area (Å²) in [5.74, 6) is 0. The zero-order valence-electron chi connectivity index (χ0n) is 6.39. The highest BCUT2D eigenvalue weighted by Gasteiger charge is 2.69. The van der Waals surface area contributed by atoms with Gasteiger partial charge in [-0.05, 0) is 13.8 Å². The third-order valence-electron chi connectivity index (χ3n) is 3.20. The number of hydrogen-bond donors (Lipinski definition) is 0. The minimum Gasteiger partial charge on any atom is -0.366 e. The first-order valence-corrected chi connectivity index (χ1v) is 3.98. The average Bonchev–Trinajstić information content (AvgIpc) is 2.53. The van der Waals surface area contributed by atoms with Crippen LogP contribution < -0.4 is 0 Å². The topological polar surface area (TPSA) is 25.1 Å². The van der Waals surface area contributed by atoms with Gasteiger partial charge < -0.3 is 9.47 Å². The molecule has 2 heteroatoms. The second-order valence-electron chi connectivity index (χ2n) is 4.25. The van der Waals surface area contributed by atoms with Crippen LogP contribution in [0.4, 0.5) is 0 Å². The Morgan fingerprint density at radius 1 is 1.10 bits per heavy atom. The number of fused-ring (bicyclic) bond motifs is 2. The van der Waals surface area contributed by atoms with E-state index < -0.39 is 0 Å². The summed E-state index contributed by atoms with van der Waals surface area (Å²) in [7, 11) is 0. The molecule has 0 bridgehead atoms. The van der Waals surface area contributed by atoms with Crippen molar-refractivity contribution < 1.29 is 9.47 Å². The van der Waals surface area contributed by atoms with E-state index >= 15 is 0 Å². The molecule has 2 saturated heterocycles. The molecule has 1 saturated carbocycles. The number of epoxide rings is 2. The summed E-state index contributed by atoms with van der Waals surface area (Å²) < 4.78 is 11.1. The van der Waals surface area contributed by atoms with Gasteiger partial charge in [0.2, 0.25) is 0 Å². The highest BCUT2D eigenvalue weighted by atomic mass is 16.6. The van der Waals surface area contributed by atoms with Crippen LogP contribution in [0.2, 0.25) is 0 Å². The van der Waals surface area contributed by atoms with E-state index in [4.69, 9.17) is 9.47 Å². The highest BCUT2D eigenvalue weighted by Crippen LogP contribution is 2.59. The first kappa shape index (κ1) is 5.56. The van der Waals surface area contributed by atoms with E-state index in [1.165, 1.54) is 0 Å². The fraction of sp³-hybridized carbons (Fsp3) is 1.00. The van der Waals surface area contributed by atoms with Crippen LogP contribution in [0.25, 0.3) is 0 Å². The van der Waals surface area contributed by atoms with Gasteiger partial charge in [-0.3, -0.25) is 0 Å². The third kappa shape index (κ3) is 0.487. The Kier molecular flexibility index (Phi) is 0.647. The van der Waals surface area contributed by atoms with Crippen LogP contribution in [0, 0.1) is 0 Å². The summed E-state index contributed by atoms with van der Waals surface area (Å²) in [4.78, 5) is 0. The van der Waals surface area contributed by atoms with E-state index in [0.717, 1.165) is 12.8 Å². The number of rotatable bonds is 0. The molecular weight excluding hydrogens is 128 g/mol. The molecule has 3 aliphatic rings. The molecule has 4 unspecified atom stereocenters. The van der Waals surface area contributed by atoms with Crippen LogP contribution in [-0.2, 0) is 9.47 Å². The zero-order chi connectivity index (χ0) is 6.98. The second-order valence-corrected chi connectivity index (χ2v) is 4.25. The van der Waals surface area contributed by atoms with Crippen LogP contribution in [-0.4, -0.2) is 23.4 Å². The quantitative estimate of drug-likeness (QED) is 0.471. The molecular formula is C8H12O2. The fourth-order valence-electron chi connectivity index (χ4n) is 2.38. The molecule has 0 radical (unpaired) electrons. The van der Waals surface area contributed by atoms with Gasteiger partial charge in [0.25, 0.3) is 0 Å².